The van der Waals surface area contributed by atoms with Crippen LogP contribution in [0.4, 0.5) is 5.69 Å². The number of anilines is 1. The SMILES string of the molecule is CCOC(=O)Cn1c2cc(OC)c(OC)cc2c(=O)c2ccc(Cl)c(N(C)C)c21. The Morgan fingerprint density at radius 3 is 2.34 bits per heavy atom. The highest BCUT2D eigenvalue weighted by Gasteiger charge is 2.21. The summed E-state index contributed by atoms with van der Waals surface area (Å²) in [7, 11) is 6.68. The van der Waals surface area contributed by atoms with Gasteiger partial charge in [-0.15, -0.1) is 0 Å². The van der Waals surface area contributed by atoms with Gasteiger partial charge in [-0.25, -0.2) is 0 Å². The molecule has 0 N–H and O–H groups in total. The fourth-order valence-corrected chi connectivity index (χ4v) is 3.80. The molecule has 0 aliphatic heterocycles. The first kappa shape index (κ1) is 20.8. The number of fused-ring (bicyclic) bond motifs is 2. The molecule has 0 atom stereocenters. The fraction of sp³-hybridized carbons (Fsp3) is 0.333. The maximum Gasteiger partial charge on any atom is 0.325 e. The van der Waals surface area contributed by atoms with Crippen LogP contribution in [0, 0.1) is 0 Å². The molecule has 0 aliphatic rings. The van der Waals surface area contributed by atoms with Crippen LogP contribution in [0.5, 0.6) is 11.5 Å². The Morgan fingerprint density at radius 2 is 1.76 bits per heavy atom. The van der Waals surface area contributed by atoms with Crippen LogP contribution in [0.25, 0.3) is 21.8 Å². The summed E-state index contributed by atoms with van der Waals surface area (Å²) < 4.78 is 17.7. The largest absolute Gasteiger partial charge is 0.493 e. The zero-order chi connectivity index (χ0) is 21.3. The topological polar surface area (TPSA) is 70.0 Å². The van der Waals surface area contributed by atoms with Gasteiger partial charge in [-0.3, -0.25) is 9.59 Å². The second-order valence-corrected chi connectivity index (χ2v) is 7.04. The molecule has 29 heavy (non-hydrogen) atoms. The molecule has 3 aromatic rings. The number of hydrogen-bond donors (Lipinski definition) is 0. The Balaban J connectivity index is 2.55. The Kier molecular flexibility index (Phi) is 5.88. The van der Waals surface area contributed by atoms with Crippen molar-refractivity contribution < 1.29 is 19.0 Å². The number of aromatic nitrogens is 1. The summed E-state index contributed by atoms with van der Waals surface area (Å²) in [4.78, 5) is 27.5. The molecule has 0 saturated carbocycles. The maximum atomic E-state index is 13.3. The third-order valence-corrected chi connectivity index (χ3v) is 5.00. The molecule has 0 amide bonds. The smallest absolute Gasteiger partial charge is 0.325 e. The number of esters is 1. The van der Waals surface area contributed by atoms with Gasteiger partial charge >= 0.3 is 5.97 Å². The summed E-state index contributed by atoms with van der Waals surface area (Å²) >= 11 is 6.46. The quantitative estimate of drug-likeness (QED) is 0.451. The maximum absolute atomic E-state index is 13.3. The van der Waals surface area contributed by atoms with Gasteiger partial charge in [0.05, 0.1) is 48.0 Å². The minimum atomic E-state index is -0.418. The van der Waals surface area contributed by atoms with Gasteiger partial charge in [0.1, 0.15) is 6.54 Å². The second kappa shape index (κ2) is 8.21. The first-order chi connectivity index (χ1) is 13.8. The monoisotopic (exact) mass is 418 g/mol. The number of pyridine rings is 1. The molecular weight excluding hydrogens is 396 g/mol. The number of rotatable bonds is 6. The van der Waals surface area contributed by atoms with Gasteiger partial charge in [0.15, 0.2) is 16.9 Å². The molecule has 0 aliphatic carbocycles. The van der Waals surface area contributed by atoms with Crippen molar-refractivity contribution in [1.29, 1.82) is 0 Å². The average Bonchev–Trinajstić information content (AvgIpc) is 2.69. The lowest BCUT2D eigenvalue weighted by Gasteiger charge is -2.22. The molecule has 0 spiro atoms. The number of carbonyl (C=O) groups is 1. The van der Waals surface area contributed by atoms with Gasteiger partial charge < -0.3 is 23.7 Å². The van der Waals surface area contributed by atoms with Crippen molar-refractivity contribution in [2.24, 2.45) is 0 Å². The van der Waals surface area contributed by atoms with Gasteiger partial charge in [0.2, 0.25) is 0 Å². The van der Waals surface area contributed by atoms with Crippen molar-refractivity contribution in [2.75, 3.05) is 39.8 Å². The fourth-order valence-electron chi connectivity index (χ4n) is 3.48. The Morgan fingerprint density at radius 1 is 1.10 bits per heavy atom. The van der Waals surface area contributed by atoms with Crippen LogP contribution in [-0.4, -0.2) is 45.5 Å². The minimum absolute atomic E-state index is 0.0855. The molecule has 1 aromatic heterocycles. The van der Waals surface area contributed by atoms with Crippen molar-refractivity contribution in [3.05, 3.63) is 39.5 Å². The number of nitrogens with zero attached hydrogens (tertiary/aromatic N) is 2. The van der Waals surface area contributed by atoms with Gasteiger partial charge in [-0.1, -0.05) is 11.6 Å². The van der Waals surface area contributed by atoms with E-state index in [4.69, 9.17) is 25.8 Å². The molecule has 3 rings (SSSR count). The summed E-state index contributed by atoms with van der Waals surface area (Å²) in [6.45, 7) is 1.92. The molecule has 0 radical (unpaired) electrons. The first-order valence-electron chi connectivity index (χ1n) is 9.07. The molecule has 0 unspecified atom stereocenters. The number of carbonyl (C=O) groups excluding carboxylic acids is 1. The molecule has 7 nitrogen and oxygen atoms in total. The van der Waals surface area contributed by atoms with Crippen LogP contribution in [0.3, 0.4) is 0 Å². The summed E-state index contributed by atoms with van der Waals surface area (Å²) in [5.41, 5.74) is 1.54. The number of hydrogen-bond acceptors (Lipinski definition) is 6. The Bertz CT molecular complexity index is 1150. The highest BCUT2D eigenvalue weighted by Crippen LogP contribution is 2.37. The van der Waals surface area contributed by atoms with Crippen LogP contribution in [-0.2, 0) is 16.1 Å². The summed E-state index contributed by atoms with van der Waals surface area (Å²) in [5.74, 6) is 0.462. The number of methoxy groups -OCH3 is 2. The van der Waals surface area contributed by atoms with Crippen molar-refractivity contribution in [2.45, 2.75) is 13.5 Å². The normalized spacial score (nSPS) is 11.0. The number of halogens is 1. The van der Waals surface area contributed by atoms with Gasteiger partial charge in [0, 0.05) is 25.5 Å². The molecule has 2 aromatic carbocycles. The molecule has 0 bridgehead atoms. The molecule has 154 valence electrons. The average molecular weight is 419 g/mol. The third kappa shape index (κ3) is 3.58. The van der Waals surface area contributed by atoms with Crippen LogP contribution < -0.4 is 19.8 Å². The van der Waals surface area contributed by atoms with Gasteiger partial charge in [-0.05, 0) is 25.1 Å². The number of ether oxygens (including phenoxy) is 3. The first-order valence-corrected chi connectivity index (χ1v) is 9.45. The van der Waals surface area contributed by atoms with E-state index < -0.39 is 5.97 Å². The molecule has 0 fully saturated rings. The van der Waals surface area contributed by atoms with Gasteiger partial charge in [0.25, 0.3) is 0 Å². The van der Waals surface area contributed by atoms with Crippen LogP contribution in [0.1, 0.15) is 6.92 Å². The van der Waals surface area contributed by atoms with Crippen molar-refractivity contribution in [3.63, 3.8) is 0 Å². The second-order valence-electron chi connectivity index (χ2n) is 6.63. The minimum Gasteiger partial charge on any atom is -0.493 e. The molecule has 8 heteroatoms. The lowest BCUT2D eigenvalue weighted by Crippen LogP contribution is -2.21. The van der Waals surface area contributed by atoms with Crippen LogP contribution in [0.2, 0.25) is 5.02 Å². The van der Waals surface area contributed by atoms with E-state index in [1.54, 1.807) is 35.8 Å². The summed E-state index contributed by atoms with van der Waals surface area (Å²) in [6.07, 6.45) is 0. The van der Waals surface area contributed by atoms with Crippen molar-refractivity contribution in [3.8, 4) is 11.5 Å². The zero-order valence-electron chi connectivity index (χ0n) is 17.0. The summed E-state index contributed by atoms with van der Waals surface area (Å²) in [6, 6.07) is 6.67. The Hall–Kier alpha value is -2.93. The summed E-state index contributed by atoms with van der Waals surface area (Å²) in [5, 5.41) is 1.33. The molecular formula is C21H23ClN2O5. The van der Waals surface area contributed by atoms with E-state index in [2.05, 4.69) is 0 Å². The lowest BCUT2D eigenvalue weighted by atomic mass is 10.1. The van der Waals surface area contributed by atoms with E-state index in [0.29, 0.717) is 44.0 Å². The van der Waals surface area contributed by atoms with Crippen molar-refractivity contribution >= 4 is 45.1 Å². The van der Waals surface area contributed by atoms with Crippen molar-refractivity contribution in [1.82, 2.24) is 4.57 Å². The van der Waals surface area contributed by atoms with Crippen LogP contribution in [0.15, 0.2) is 29.1 Å². The van der Waals surface area contributed by atoms with E-state index in [-0.39, 0.29) is 18.6 Å². The highest BCUT2D eigenvalue weighted by atomic mass is 35.5. The van der Waals surface area contributed by atoms with E-state index in [0.717, 1.165) is 0 Å². The highest BCUT2D eigenvalue weighted by molar-refractivity contribution is 6.35. The third-order valence-electron chi connectivity index (χ3n) is 4.69. The molecule has 1 heterocycles. The lowest BCUT2D eigenvalue weighted by molar-refractivity contribution is -0.143. The number of benzene rings is 2. The van der Waals surface area contributed by atoms with E-state index in [9.17, 15) is 9.59 Å². The van der Waals surface area contributed by atoms with E-state index in [1.165, 1.54) is 14.2 Å². The molecule has 0 saturated heterocycles. The standard InChI is InChI=1S/C21H23ClN2O5/c1-6-29-18(25)11-24-15-10-17(28-5)16(27-4)9-13(15)21(26)12-7-8-14(22)20(19(12)24)23(2)3/h7-10H,6,11H2,1-5H3. The van der Waals surface area contributed by atoms with E-state index in [1.807, 2.05) is 19.0 Å². The van der Waals surface area contributed by atoms with E-state index >= 15 is 0 Å². The predicted octanol–water partition coefficient (Wildman–Crippen LogP) is 3.45. The van der Waals surface area contributed by atoms with Gasteiger partial charge in [-0.2, -0.15) is 0 Å². The van der Waals surface area contributed by atoms with Crippen LogP contribution >= 0.6 is 11.6 Å². The predicted molar refractivity (Wildman–Crippen MR) is 115 cm³/mol. The zero-order valence-corrected chi connectivity index (χ0v) is 17.8. The Labute approximate surface area is 173 Å².